The van der Waals surface area contributed by atoms with Crippen LogP contribution in [0.4, 0.5) is 0 Å². The van der Waals surface area contributed by atoms with E-state index in [4.69, 9.17) is 5.10 Å². The fraction of sp³-hybridized carbons (Fsp3) is 0.182. The van der Waals surface area contributed by atoms with Gasteiger partial charge in [-0.2, -0.15) is 5.10 Å². The quantitative estimate of drug-likeness (QED) is 0.503. The van der Waals surface area contributed by atoms with E-state index in [-0.39, 0.29) is 5.78 Å². The Morgan fingerprint density at radius 2 is 1.89 bits per heavy atom. The second kappa shape index (κ2) is 6.76. The van der Waals surface area contributed by atoms with Crippen LogP contribution in [0.25, 0.3) is 28.0 Å². The highest BCUT2D eigenvalue weighted by atomic mass is 16.1. The van der Waals surface area contributed by atoms with Gasteiger partial charge in [-0.15, -0.1) is 0 Å². The van der Waals surface area contributed by atoms with Gasteiger partial charge in [-0.3, -0.25) is 4.79 Å². The SMILES string of the molecule is CCc1cc(-c2cccc(C(C)=O)n2)cc2nn(-c3cccc(C)n3)cc12. The normalized spacial score (nSPS) is 11.1. The summed E-state index contributed by atoms with van der Waals surface area (Å²) in [4.78, 5) is 20.7. The van der Waals surface area contributed by atoms with Crippen LogP contribution in [0.5, 0.6) is 0 Å². The van der Waals surface area contributed by atoms with Gasteiger partial charge in [0.2, 0.25) is 0 Å². The number of pyridine rings is 2. The highest BCUT2D eigenvalue weighted by molar-refractivity contribution is 5.93. The molecule has 0 saturated heterocycles. The van der Waals surface area contributed by atoms with Crippen molar-refractivity contribution in [3.05, 3.63) is 71.7 Å². The molecule has 27 heavy (non-hydrogen) atoms. The molecule has 0 N–H and O–H groups in total. The number of Topliss-reactive ketones (excluding diaryl/α,β-unsaturated/α-hetero) is 1. The fourth-order valence-corrected chi connectivity index (χ4v) is 3.20. The maximum Gasteiger partial charge on any atom is 0.178 e. The standard InChI is InChI=1S/C22H20N4O/c1-4-16-11-17(20-9-6-8-19(24-20)15(3)27)12-21-18(16)13-26(25-21)22-10-5-7-14(2)23-22/h5-13H,4H2,1-3H3. The number of ketones is 1. The van der Waals surface area contributed by atoms with Crippen LogP contribution >= 0.6 is 0 Å². The summed E-state index contributed by atoms with van der Waals surface area (Å²) in [5, 5.41) is 5.84. The molecule has 3 aromatic heterocycles. The first-order valence-electron chi connectivity index (χ1n) is 9.00. The Kier molecular flexibility index (Phi) is 4.28. The van der Waals surface area contributed by atoms with Crippen LogP contribution < -0.4 is 0 Å². The Bertz CT molecular complexity index is 1160. The molecule has 134 valence electrons. The molecule has 4 rings (SSSR count). The van der Waals surface area contributed by atoms with Crippen LogP contribution in [0.1, 0.15) is 35.6 Å². The molecule has 0 unspecified atom stereocenters. The lowest BCUT2D eigenvalue weighted by Crippen LogP contribution is -1.98. The van der Waals surface area contributed by atoms with Crippen molar-refractivity contribution < 1.29 is 4.79 Å². The number of aryl methyl sites for hydroxylation is 2. The molecular weight excluding hydrogens is 336 g/mol. The first-order valence-corrected chi connectivity index (χ1v) is 9.00. The van der Waals surface area contributed by atoms with Gasteiger partial charge >= 0.3 is 0 Å². The number of hydrogen-bond donors (Lipinski definition) is 0. The Morgan fingerprint density at radius 3 is 2.63 bits per heavy atom. The van der Waals surface area contributed by atoms with Gasteiger partial charge in [-0.1, -0.05) is 19.1 Å². The summed E-state index contributed by atoms with van der Waals surface area (Å²) in [5.74, 6) is 0.759. The zero-order valence-corrected chi connectivity index (χ0v) is 15.6. The number of nitrogens with zero attached hydrogens (tertiary/aromatic N) is 4. The molecule has 0 aliphatic carbocycles. The number of hydrogen-bond acceptors (Lipinski definition) is 4. The van der Waals surface area contributed by atoms with Gasteiger partial charge in [0, 0.05) is 29.8 Å². The molecule has 0 fully saturated rings. The Labute approximate surface area is 157 Å². The molecule has 5 heteroatoms. The largest absolute Gasteiger partial charge is 0.293 e. The highest BCUT2D eigenvalue weighted by Gasteiger charge is 2.12. The number of fused-ring (bicyclic) bond motifs is 1. The fourth-order valence-electron chi connectivity index (χ4n) is 3.20. The topological polar surface area (TPSA) is 60.7 Å². The molecular formula is C22H20N4O. The highest BCUT2D eigenvalue weighted by Crippen LogP contribution is 2.27. The summed E-state index contributed by atoms with van der Waals surface area (Å²) in [5.41, 5.74) is 5.25. The average molecular weight is 356 g/mol. The van der Waals surface area contributed by atoms with Gasteiger partial charge in [0.15, 0.2) is 11.6 Å². The van der Waals surface area contributed by atoms with Crippen molar-refractivity contribution in [2.45, 2.75) is 27.2 Å². The smallest absolute Gasteiger partial charge is 0.178 e. The molecule has 0 aliphatic heterocycles. The maximum atomic E-state index is 11.7. The van der Waals surface area contributed by atoms with Crippen molar-refractivity contribution in [1.82, 2.24) is 19.7 Å². The monoisotopic (exact) mass is 356 g/mol. The lowest BCUT2D eigenvalue weighted by Gasteiger charge is -2.06. The minimum Gasteiger partial charge on any atom is -0.293 e. The zero-order valence-electron chi connectivity index (χ0n) is 15.6. The number of carbonyl (C=O) groups excluding carboxylic acids is 1. The molecule has 3 heterocycles. The molecule has 0 saturated carbocycles. The van der Waals surface area contributed by atoms with E-state index in [1.165, 1.54) is 12.5 Å². The number of aromatic nitrogens is 4. The van der Waals surface area contributed by atoms with Crippen molar-refractivity contribution in [2.24, 2.45) is 0 Å². The molecule has 0 aliphatic rings. The van der Waals surface area contributed by atoms with Gasteiger partial charge < -0.3 is 0 Å². The third-order valence-corrected chi connectivity index (χ3v) is 4.61. The third-order valence-electron chi connectivity index (χ3n) is 4.61. The number of carbonyl (C=O) groups is 1. The predicted octanol–water partition coefficient (Wildman–Crippen LogP) is 4.56. The van der Waals surface area contributed by atoms with E-state index in [0.717, 1.165) is 40.1 Å². The molecule has 0 atom stereocenters. The van der Waals surface area contributed by atoms with Crippen LogP contribution in [0, 0.1) is 6.92 Å². The van der Waals surface area contributed by atoms with Crippen molar-refractivity contribution in [3.63, 3.8) is 0 Å². The van der Waals surface area contributed by atoms with Gasteiger partial charge in [0.1, 0.15) is 5.69 Å². The summed E-state index contributed by atoms with van der Waals surface area (Å²) < 4.78 is 1.82. The minimum atomic E-state index is -0.0385. The van der Waals surface area contributed by atoms with Crippen LogP contribution in [-0.4, -0.2) is 25.5 Å². The van der Waals surface area contributed by atoms with E-state index in [1.54, 1.807) is 6.07 Å². The van der Waals surface area contributed by atoms with Crippen LogP contribution in [0.15, 0.2) is 54.7 Å². The Hall–Kier alpha value is -3.34. The van der Waals surface area contributed by atoms with Crippen LogP contribution in [0.3, 0.4) is 0 Å². The molecule has 0 bridgehead atoms. The Balaban J connectivity index is 1.87. The molecule has 1 aromatic carbocycles. The minimum absolute atomic E-state index is 0.0385. The molecule has 4 aromatic rings. The molecule has 0 radical (unpaired) electrons. The van der Waals surface area contributed by atoms with Gasteiger partial charge in [0.05, 0.1) is 11.2 Å². The lowest BCUT2D eigenvalue weighted by molar-refractivity contribution is 0.101. The number of benzene rings is 1. The van der Waals surface area contributed by atoms with Crippen molar-refractivity contribution in [2.75, 3.05) is 0 Å². The first kappa shape index (κ1) is 17.1. The van der Waals surface area contributed by atoms with Crippen molar-refractivity contribution in [1.29, 1.82) is 0 Å². The van der Waals surface area contributed by atoms with E-state index in [9.17, 15) is 4.79 Å². The van der Waals surface area contributed by atoms with Gasteiger partial charge in [-0.25, -0.2) is 14.6 Å². The third kappa shape index (κ3) is 3.24. The lowest BCUT2D eigenvalue weighted by atomic mass is 10.0. The zero-order chi connectivity index (χ0) is 19.0. The maximum absolute atomic E-state index is 11.7. The van der Waals surface area contributed by atoms with E-state index < -0.39 is 0 Å². The average Bonchev–Trinajstić information content (AvgIpc) is 3.11. The Morgan fingerprint density at radius 1 is 1.07 bits per heavy atom. The summed E-state index contributed by atoms with van der Waals surface area (Å²) in [6, 6.07) is 15.6. The van der Waals surface area contributed by atoms with Crippen molar-refractivity contribution >= 4 is 16.7 Å². The summed E-state index contributed by atoms with van der Waals surface area (Å²) in [6.07, 6.45) is 2.91. The van der Waals surface area contributed by atoms with E-state index >= 15 is 0 Å². The van der Waals surface area contributed by atoms with E-state index in [0.29, 0.717) is 5.69 Å². The van der Waals surface area contributed by atoms with E-state index in [2.05, 4.69) is 23.0 Å². The van der Waals surface area contributed by atoms with Gasteiger partial charge in [0.25, 0.3) is 0 Å². The summed E-state index contributed by atoms with van der Waals surface area (Å²) >= 11 is 0. The first-order chi connectivity index (χ1) is 13.0. The summed E-state index contributed by atoms with van der Waals surface area (Å²) in [6.45, 7) is 5.62. The predicted molar refractivity (Wildman–Crippen MR) is 106 cm³/mol. The second-order valence-electron chi connectivity index (χ2n) is 6.60. The molecule has 0 amide bonds. The van der Waals surface area contributed by atoms with Crippen molar-refractivity contribution in [3.8, 4) is 17.1 Å². The number of rotatable bonds is 4. The van der Waals surface area contributed by atoms with E-state index in [1.807, 2.05) is 54.2 Å². The van der Waals surface area contributed by atoms with Crippen LogP contribution in [0.2, 0.25) is 0 Å². The molecule has 0 spiro atoms. The molecule has 5 nitrogen and oxygen atoms in total. The second-order valence-corrected chi connectivity index (χ2v) is 6.60. The summed E-state index contributed by atoms with van der Waals surface area (Å²) in [7, 11) is 0. The van der Waals surface area contributed by atoms with Gasteiger partial charge in [-0.05, 0) is 55.3 Å². The van der Waals surface area contributed by atoms with Crippen LogP contribution in [-0.2, 0) is 6.42 Å².